The van der Waals surface area contributed by atoms with Gasteiger partial charge in [0.1, 0.15) is 11.9 Å². The molecular weight excluding hydrogens is 294 g/mol. The van der Waals surface area contributed by atoms with Gasteiger partial charge in [0, 0.05) is 6.54 Å². The largest absolute Gasteiger partial charge is 0.344 e. The van der Waals surface area contributed by atoms with Crippen LogP contribution >= 0.6 is 11.6 Å². The van der Waals surface area contributed by atoms with Crippen molar-refractivity contribution in [2.75, 3.05) is 6.54 Å². The van der Waals surface area contributed by atoms with Crippen LogP contribution < -0.4 is 11.1 Å². The van der Waals surface area contributed by atoms with E-state index < -0.39 is 18.1 Å². The average molecular weight is 317 g/mol. The van der Waals surface area contributed by atoms with E-state index >= 15 is 0 Å². The van der Waals surface area contributed by atoms with E-state index in [-0.39, 0.29) is 23.5 Å². The number of ketones is 1. The molecule has 21 heavy (non-hydrogen) atoms. The molecule has 0 aliphatic carbocycles. The number of amides is 2. The molecule has 0 aromatic carbocycles. The Hall–Kier alpha value is -1.14. The number of hydrogen-bond acceptors (Lipinski definition) is 4. The highest BCUT2D eigenvalue weighted by Crippen LogP contribution is 2.19. The lowest BCUT2D eigenvalue weighted by atomic mass is 10.00. The minimum atomic E-state index is -0.678. The van der Waals surface area contributed by atoms with Crippen LogP contribution in [0.2, 0.25) is 0 Å². The first-order valence-corrected chi connectivity index (χ1v) is 7.57. The molecule has 0 unspecified atom stereocenters. The standard InChI is InChI=1S/C14H23ClN3O3/c1-8(2)12(11(19)7-15)17-13(20)10-5-4-6-18(10)14(21)9(3)16/h7-10,12H,4-6,16H2,1-3H3,(H,17,20)/t9-,10-,12-/m0/s1. The van der Waals surface area contributed by atoms with E-state index in [1.807, 2.05) is 13.8 Å². The molecule has 7 heteroatoms. The summed E-state index contributed by atoms with van der Waals surface area (Å²) in [5.74, 6) is -0.0700. The minimum Gasteiger partial charge on any atom is -0.344 e. The maximum atomic E-state index is 12.4. The second kappa shape index (κ2) is 7.75. The molecule has 0 spiro atoms. The van der Waals surface area contributed by atoms with Gasteiger partial charge in [-0.1, -0.05) is 13.8 Å². The lowest BCUT2D eigenvalue weighted by molar-refractivity contribution is -0.140. The number of Topliss-reactive ketones (excluding diaryl/α,β-unsaturated/α-hetero) is 1. The first-order chi connectivity index (χ1) is 9.79. The molecule has 1 rings (SSSR count). The van der Waals surface area contributed by atoms with Gasteiger partial charge in [-0.25, -0.2) is 0 Å². The Bertz CT molecular complexity index is 412. The normalized spacial score (nSPS) is 21.2. The summed E-state index contributed by atoms with van der Waals surface area (Å²) in [6.45, 7) is 5.75. The highest BCUT2D eigenvalue weighted by atomic mass is 35.5. The van der Waals surface area contributed by atoms with Gasteiger partial charge >= 0.3 is 0 Å². The Morgan fingerprint density at radius 3 is 2.43 bits per heavy atom. The van der Waals surface area contributed by atoms with Gasteiger partial charge in [-0.3, -0.25) is 14.4 Å². The van der Waals surface area contributed by atoms with Gasteiger partial charge in [0.2, 0.25) is 11.8 Å². The van der Waals surface area contributed by atoms with Crippen molar-refractivity contribution in [1.82, 2.24) is 10.2 Å². The third kappa shape index (κ3) is 4.41. The molecule has 1 aliphatic rings. The van der Waals surface area contributed by atoms with E-state index in [0.29, 0.717) is 13.0 Å². The van der Waals surface area contributed by atoms with Gasteiger partial charge in [0.05, 0.1) is 12.1 Å². The van der Waals surface area contributed by atoms with Crippen molar-refractivity contribution in [3.05, 3.63) is 5.88 Å². The molecule has 1 saturated heterocycles. The van der Waals surface area contributed by atoms with Crippen molar-refractivity contribution < 1.29 is 14.4 Å². The zero-order valence-corrected chi connectivity index (χ0v) is 13.4. The molecule has 0 aromatic heterocycles. The van der Waals surface area contributed by atoms with E-state index in [4.69, 9.17) is 17.3 Å². The Kier molecular flexibility index (Phi) is 6.61. The van der Waals surface area contributed by atoms with Crippen molar-refractivity contribution in [2.24, 2.45) is 11.7 Å². The molecule has 119 valence electrons. The molecule has 3 atom stereocenters. The quantitative estimate of drug-likeness (QED) is 0.743. The maximum absolute atomic E-state index is 12.4. The molecule has 2 amide bonds. The number of rotatable bonds is 6. The van der Waals surface area contributed by atoms with Crippen molar-refractivity contribution in [3.8, 4) is 0 Å². The van der Waals surface area contributed by atoms with Crippen LogP contribution in [0.3, 0.4) is 0 Å². The number of likely N-dealkylation sites (tertiary alicyclic amines) is 1. The van der Waals surface area contributed by atoms with Crippen molar-refractivity contribution in [3.63, 3.8) is 0 Å². The minimum absolute atomic E-state index is 0.0876. The van der Waals surface area contributed by atoms with E-state index in [2.05, 4.69) is 5.32 Å². The number of halogens is 1. The van der Waals surface area contributed by atoms with Crippen LogP contribution in [0.25, 0.3) is 0 Å². The smallest absolute Gasteiger partial charge is 0.243 e. The van der Waals surface area contributed by atoms with Gasteiger partial charge in [0.25, 0.3) is 0 Å². The Morgan fingerprint density at radius 2 is 1.95 bits per heavy atom. The highest BCUT2D eigenvalue weighted by Gasteiger charge is 2.36. The zero-order valence-electron chi connectivity index (χ0n) is 12.6. The highest BCUT2D eigenvalue weighted by molar-refractivity contribution is 6.35. The van der Waals surface area contributed by atoms with E-state index in [1.165, 1.54) is 4.90 Å². The second-order valence-electron chi connectivity index (χ2n) is 5.72. The number of nitrogens with zero attached hydrogens (tertiary/aromatic N) is 1. The van der Waals surface area contributed by atoms with E-state index in [9.17, 15) is 14.4 Å². The zero-order chi connectivity index (χ0) is 16.2. The van der Waals surface area contributed by atoms with E-state index in [0.717, 1.165) is 12.3 Å². The third-order valence-electron chi connectivity index (χ3n) is 3.61. The summed E-state index contributed by atoms with van der Waals surface area (Å²) in [6.07, 6.45) is 1.33. The lowest BCUT2D eigenvalue weighted by Gasteiger charge is -2.28. The van der Waals surface area contributed by atoms with Crippen LogP contribution in [0.5, 0.6) is 0 Å². The summed E-state index contributed by atoms with van der Waals surface area (Å²) in [4.78, 5) is 37.6. The summed E-state index contributed by atoms with van der Waals surface area (Å²) in [7, 11) is 0. The van der Waals surface area contributed by atoms with Crippen LogP contribution in [0.1, 0.15) is 33.6 Å². The van der Waals surface area contributed by atoms with Crippen LogP contribution in [0.4, 0.5) is 0 Å². The van der Waals surface area contributed by atoms with E-state index in [1.54, 1.807) is 6.92 Å². The molecule has 6 nitrogen and oxygen atoms in total. The molecule has 1 radical (unpaired) electrons. The summed E-state index contributed by atoms with van der Waals surface area (Å²) in [6, 6.07) is -1.88. The summed E-state index contributed by atoms with van der Waals surface area (Å²) in [5.41, 5.74) is 5.60. The van der Waals surface area contributed by atoms with Gasteiger partial charge in [-0.2, -0.15) is 0 Å². The summed E-state index contributed by atoms with van der Waals surface area (Å²) >= 11 is 5.45. The van der Waals surface area contributed by atoms with Gasteiger partial charge in [0.15, 0.2) is 5.78 Å². The number of hydrogen-bond donors (Lipinski definition) is 2. The molecule has 0 bridgehead atoms. The third-order valence-corrected chi connectivity index (χ3v) is 3.82. The molecule has 1 aliphatic heterocycles. The molecule has 0 aromatic rings. The predicted octanol–water partition coefficient (Wildman–Crippen LogP) is 0.435. The van der Waals surface area contributed by atoms with Gasteiger partial charge < -0.3 is 16.0 Å². The van der Waals surface area contributed by atoms with Crippen molar-refractivity contribution in [1.29, 1.82) is 0 Å². The predicted molar refractivity (Wildman–Crippen MR) is 80.3 cm³/mol. The fraction of sp³-hybridized carbons (Fsp3) is 0.714. The monoisotopic (exact) mass is 316 g/mol. The molecular formula is C14H23ClN3O3. The number of nitrogens with two attached hydrogens (primary N) is 1. The summed E-state index contributed by atoms with van der Waals surface area (Å²) < 4.78 is 0. The van der Waals surface area contributed by atoms with Crippen LogP contribution in [-0.2, 0) is 14.4 Å². The fourth-order valence-corrected chi connectivity index (χ4v) is 2.58. The molecule has 3 N–H and O–H groups in total. The Balaban J connectivity index is 2.77. The topological polar surface area (TPSA) is 92.5 Å². The van der Waals surface area contributed by atoms with Crippen LogP contribution in [0.15, 0.2) is 0 Å². The SMILES string of the molecule is CC(C)[C@H](NC(=O)[C@@H]1CCCN1C(=O)[C@H](C)N)C(=O)[CH]Cl. The van der Waals surface area contributed by atoms with Crippen LogP contribution in [0, 0.1) is 11.8 Å². The Labute approximate surface area is 130 Å². The Morgan fingerprint density at radius 1 is 1.33 bits per heavy atom. The fourth-order valence-electron chi connectivity index (χ4n) is 2.45. The lowest BCUT2D eigenvalue weighted by Crippen LogP contribution is -2.54. The molecule has 0 saturated carbocycles. The van der Waals surface area contributed by atoms with Crippen molar-refractivity contribution in [2.45, 2.75) is 51.7 Å². The average Bonchev–Trinajstić information content (AvgIpc) is 2.91. The number of carbonyl (C=O) groups excluding carboxylic acids is 3. The number of carbonyl (C=O) groups is 3. The van der Waals surface area contributed by atoms with Gasteiger partial charge in [-0.05, 0) is 25.7 Å². The van der Waals surface area contributed by atoms with Crippen molar-refractivity contribution >= 4 is 29.2 Å². The van der Waals surface area contributed by atoms with Crippen LogP contribution in [-0.4, -0.2) is 47.2 Å². The molecule has 1 fully saturated rings. The first kappa shape index (κ1) is 17.9. The second-order valence-corrected chi connectivity index (χ2v) is 5.94. The first-order valence-electron chi connectivity index (χ1n) is 7.13. The maximum Gasteiger partial charge on any atom is 0.243 e. The van der Waals surface area contributed by atoms with Gasteiger partial charge in [-0.15, -0.1) is 11.6 Å². The molecule has 1 heterocycles. The summed E-state index contributed by atoms with van der Waals surface area (Å²) in [5, 5.41) is 2.69. The number of nitrogens with one attached hydrogen (secondary N) is 1.